The van der Waals surface area contributed by atoms with Gasteiger partial charge in [0.25, 0.3) is 0 Å². The third kappa shape index (κ3) is 3.93. The van der Waals surface area contributed by atoms with Gasteiger partial charge in [0.2, 0.25) is 11.8 Å². The Labute approximate surface area is 198 Å². The first kappa shape index (κ1) is 19.9. The number of benzene rings is 4. The van der Waals surface area contributed by atoms with Crippen molar-refractivity contribution >= 4 is 45.4 Å². The Morgan fingerprint density at radius 2 is 1.06 bits per heavy atom. The molecule has 33 heavy (non-hydrogen) atoms. The molecular formula is C26H14Cl2N2O3. The maximum absolute atomic E-state index is 6.09. The zero-order chi connectivity index (χ0) is 22.4. The molecule has 0 fully saturated rings. The number of halogens is 2. The Bertz CT molecular complexity index is 1520. The molecule has 0 radical (unpaired) electrons. The van der Waals surface area contributed by atoms with Gasteiger partial charge in [-0.15, -0.1) is 0 Å². The number of oxazole rings is 2. The van der Waals surface area contributed by atoms with Crippen LogP contribution in [-0.2, 0) is 0 Å². The van der Waals surface area contributed by atoms with Gasteiger partial charge in [0.05, 0.1) is 0 Å². The van der Waals surface area contributed by atoms with E-state index in [4.69, 9.17) is 36.8 Å². The minimum atomic E-state index is 0.501. The summed E-state index contributed by atoms with van der Waals surface area (Å²) in [5.74, 6) is 2.23. The summed E-state index contributed by atoms with van der Waals surface area (Å²) in [6, 6.07) is 25.8. The predicted molar refractivity (Wildman–Crippen MR) is 129 cm³/mol. The molecule has 0 unspecified atom stereocenters. The van der Waals surface area contributed by atoms with Crippen molar-refractivity contribution in [3.8, 4) is 34.4 Å². The smallest absolute Gasteiger partial charge is 0.227 e. The fraction of sp³-hybridized carbons (Fsp3) is 0. The molecular weight excluding hydrogens is 459 g/mol. The molecule has 160 valence electrons. The maximum Gasteiger partial charge on any atom is 0.227 e. The van der Waals surface area contributed by atoms with Gasteiger partial charge in [-0.25, -0.2) is 9.97 Å². The number of hydrogen-bond donors (Lipinski definition) is 0. The lowest BCUT2D eigenvalue weighted by molar-refractivity contribution is 0.481. The molecule has 0 aliphatic heterocycles. The highest BCUT2D eigenvalue weighted by Gasteiger charge is 2.12. The van der Waals surface area contributed by atoms with Gasteiger partial charge in [-0.05, 0) is 60.7 Å². The van der Waals surface area contributed by atoms with Crippen LogP contribution in [0.5, 0.6) is 11.5 Å². The lowest BCUT2D eigenvalue weighted by Gasteiger charge is -2.04. The van der Waals surface area contributed by atoms with Crippen molar-refractivity contribution in [3.05, 3.63) is 95.0 Å². The van der Waals surface area contributed by atoms with E-state index >= 15 is 0 Å². The number of nitrogens with zero attached hydrogens (tertiary/aromatic N) is 2. The first-order valence-electron chi connectivity index (χ1n) is 10.1. The first-order valence-corrected chi connectivity index (χ1v) is 10.9. The quantitative estimate of drug-likeness (QED) is 0.257. The molecule has 0 spiro atoms. The fourth-order valence-corrected chi connectivity index (χ4v) is 3.94. The highest BCUT2D eigenvalue weighted by molar-refractivity contribution is 6.31. The van der Waals surface area contributed by atoms with Gasteiger partial charge in [0, 0.05) is 33.3 Å². The molecule has 6 rings (SSSR count). The van der Waals surface area contributed by atoms with E-state index in [9.17, 15) is 0 Å². The molecule has 0 saturated heterocycles. The van der Waals surface area contributed by atoms with E-state index in [1.54, 1.807) is 12.1 Å². The van der Waals surface area contributed by atoms with Crippen LogP contribution in [0.1, 0.15) is 0 Å². The molecule has 0 N–H and O–H groups in total. The first-order chi connectivity index (χ1) is 16.1. The van der Waals surface area contributed by atoms with Crippen LogP contribution in [0.2, 0.25) is 10.0 Å². The lowest BCUT2D eigenvalue weighted by atomic mass is 10.2. The second kappa shape index (κ2) is 7.96. The molecule has 2 aromatic heterocycles. The number of fused-ring (bicyclic) bond motifs is 2. The normalized spacial score (nSPS) is 11.3. The van der Waals surface area contributed by atoms with Crippen molar-refractivity contribution in [1.82, 2.24) is 9.97 Å². The predicted octanol–water partition coefficient (Wildman–Crippen LogP) is 8.40. The van der Waals surface area contributed by atoms with Crippen molar-refractivity contribution in [2.75, 3.05) is 0 Å². The number of aromatic nitrogens is 2. The number of rotatable bonds is 4. The van der Waals surface area contributed by atoms with Crippen LogP contribution in [0.15, 0.2) is 93.8 Å². The molecule has 0 atom stereocenters. The zero-order valence-electron chi connectivity index (χ0n) is 17.0. The fourth-order valence-electron chi connectivity index (χ4n) is 3.56. The van der Waals surface area contributed by atoms with E-state index in [2.05, 4.69) is 9.97 Å². The summed E-state index contributed by atoms with van der Waals surface area (Å²) in [7, 11) is 0. The number of hydrogen-bond acceptors (Lipinski definition) is 5. The van der Waals surface area contributed by atoms with E-state index in [-0.39, 0.29) is 0 Å². The summed E-state index contributed by atoms with van der Waals surface area (Å²) in [6.07, 6.45) is 0. The molecule has 0 amide bonds. The van der Waals surface area contributed by atoms with Gasteiger partial charge in [0.1, 0.15) is 22.5 Å². The van der Waals surface area contributed by atoms with Gasteiger partial charge >= 0.3 is 0 Å². The molecule has 5 nitrogen and oxygen atoms in total. The van der Waals surface area contributed by atoms with Crippen molar-refractivity contribution in [2.45, 2.75) is 0 Å². The molecule has 0 aliphatic carbocycles. The van der Waals surface area contributed by atoms with E-state index < -0.39 is 0 Å². The zero-order valence-corrected chi connectivity index (χ0v) is 18.5. The third-order valence-electron chi connectivity index (χ3n) is 5.10. The second-order valence-electron chi connectivity index (χ2n) is 7.42. The van der Waals surface area contributed by atoms with Crippen molar-refractivity contribution in [2.24, 2.45) is 0 Å². The Balaban J connectivity index is 1.29. The summed E-state index contributed by atoms with van der Waals surface area (Å²) >= 11 is 12.2. The van der Waals surface area contributed by atoms with Crippen molar-refractivity contribution < 1.29 is 13.6 Å². The van der Waals surface area contributed by atoms with Crippen LogP contribution >= 0.6 is 23.2 Å². The molecule has 0 bridgehead atoms. The monoisotopic (exact) mass is 472 g/mol. The van der Waals surface area contributed by atoms with Crippen molar-refractivity contribution in [1.29, 1.82) is 0 Å². The minimum Gasteiger partial charge on any atom is -0.457 e. The van der Waals surface area contributed by atoms with Crippen LogP contribution in [0.25, 0.3) is 45.1 Å². The Morgan fingerprint density at radius 1 is 0.576 bits per heavy atom. The number of ether oxygens (including phenoxy) is 1. The molecule has 6 aromatic rings. The lowest BCUT2D eigenvalue weighted by Crippen LogP contribution is -1.83. The Hall–Kier alpha value is -3.80. The summed E-state index contributed by atoms with van der Waals surface area (Å²) < 4.78 is 17.9. The van der Waals surface area contributed by atoms with Crippen LogP contribution in [-0.4, -0.2) is 9.97 Å². The summed E-state index contributed by atoms with van der Waals surface area (Å²) in [5, 5.41) is 1.25. The highest BCUT2D eigenvalue weighted by atomic mass is 35.5. The Kier molecular flexibility index (Phi) is 4.79. The van der Waals surface area contributed by atoms with E-state index in [1.807, 2.05) is 72.8 Å². The van der Waals surface area contributed by atoms with Gasteiger partial charge in [-0.2, -0.15) is 0 Å². The van der Waals surface area contributed by atoms with E-state index in [0.29, 0.717) is 44.5 Å². The highest BCUT2D eigenvalue weighted by Crippen LogP contribution is 2.32. The SMILES string of the molecule is Clc1cccc(-c2nc3ccc(Oc4ccc5nc(-c6cccc(Cl)c6)oc5c4)cc3o2)c1. The second-order valence-corrected chi connectivity index (χ2v) is 8.29. The molecule has 0 saturated carbocycles. The minimum absolute atomic E-state index is 0.501. The maximum atomic E-state index is 6.09. The Morgan fingerprint density at radius 3 is 1.52 bits per heavy atom. The summed E-state index contributed by atoms with van der Waals surface area (Å²) in [4.78, 5) is 9.07. The van der Waals surface area contributed by atoms with E-state index in [1.165, 1.54) is 0 Å². The van der Waals surface area contributed by atoms with Gasteiger partial charge in [-0.3, -0.25) is 0 Å². The van der Waals surface area contributed by atoms with Gasteiger partial charge < -0.3 is 13.6 Å². The summed E-state index contributed by atoms with van der Waals surface area (Å²) in [6.45, 7) is 0. The largest absolute Gasteiger partial charge is 0.457 e. The van der Waals surface area contributed by atoms with Crippen LogP contribution < -0.4 is 4.74 Å². The third-order valence-corrected chi connectivity index (χ3v) is 5.57. The van der Waals surface area contributed by atoms with E-state index in [0.717, 1.165) is 22.2 Å². The van der Waals surface area contributed by atoms with Gasteiger partial charge in [0.15, 0.2) is 11.2 Å². The molecule has 2 heterocycles. The van der Waals surface area contributed by atoms with Crippen molar-refractivity contribution in [3.63, 3.8) is 0 Å². The molecule has 4 aromatic carbocycles. The molecule has 7 heteroatoms. The van der Waals surface area contributed by atoms with Crippen LogP contribution in [0, 0.1) is 0 Å². The average Bonchev–Trinajstić information content (AvgIpc) is 3.43. The topological polar surface area (TPSA) is 61.3 Å². The summed E-state index contributed by atoms with van der Waals surface area (Å²) in [5.41, 5.74) is 4.32. The van der Waals surface area contributed by atoms with Crippen LogP contribution in [0.4, 0.5) is 0 Å². The van der Waals surface area contributed by atoms with Crippen LogP contribution in [0.3, 0.4) is 0 Å². The standard InChI is InChI=1S/C26H14Cl2N2O3/c27-17-5-1-3-15(11-17)25-29-21-9-7-19(13-23(21)32-25)31-20-8-10-22-24(14-20)33-26(30-22)16-4-2-6-18(28)12-16/h1-14H. The van der Waals surface area contributed by atoms with Gasteiger partial charge in [-0.1, -0.05) is 35.3 Å². The molecule has 0 aliphatic rings. The average molecular weight is 473 g/mol.